The summed E-state index contributed by atoms with van der Waals surface area (Å²) in [6.45, 7) is 0. The first-order chi connectivity index (χ1) is 30.7. The van der Waals surface area contributed by atoms with Gasteiger partial charge in [0.2, 0.25) is 0 Å². The minimum atomic E-state index is 0.498. The zero-order valence-corrected chi connectivity index (χ0v) is 34.6. The Kier molecular flexibility index (Phi) is 7.44. The van der Waals surface area contributed by atoms with Crippen molar-refractivity contribution in [2.24, 2.45) is 0 Å². The van der Waals surface area contributed by atoms with Gasteiger partial charge in [0.25, 0.3) is 0 Å². The van der Waals surface area contributed by atoms with Gasteiger partial charge in [-0.05, 0) is 41.5 Å². The van der Waals surface area contributed by atoms with Gasteiger partial charge in [-0.15, -0.1) is 22.7 Å². The van der Waals surface area contributed by atoms with Crippen LogP contribution in [0.2, 0.25) is 0 Å². The van der Waals surface area contributed by atoms with E-state index in [1.54, 1.807) is 22.7 Å². The van der Waals surface area contributed by atoms with Crippen molar-refractivity contribution in [2.75, 3.05) is 0 Å². The van der Waals surface area contributed by atoms with Crippen molar-refractivity contribution < 1.29 is 0 Å². The molecule has 4 heterocycles. The van der Waals surface area contributed by atoms with Crippen LogP contribution in [-0.2, 0) is 0 Å². The second-order valence-corrected chi connectivity index (χ2v) is 17.9. The van der Waals surface area contributed by atoms with Crippen molar-refractivity contribution in [3.05, 3.63) is 193 Å². The molecule has 0 bridgehead atoms. The summed E-state index contributed by atoms with van der Waals surface area (Å²) in [6.07, 6.45) is 0. The standard InChI is InChI=1S/C56H30N4S2/c57-31-42-50(34-17-5-2-6-18-34)54(60-45-24-12-8-20-36(45)39-27-28-40-37-21-9-13-25-46(37)62-56(40)55(39)60)43(32-58)49(33-15-3-1-4-16-33)53(42)59-44-23-11-7-19-35(44)38-29-30-48-51(52(38)59)41-22-10-14-26-47(41)61-48/h1-30H. The zero-order valence-electron chi connectivity index (χ0n) is 32.9. The average Bonchev–Trinajstić information content (AvgIpc) is 4.09. The molecule has 0 unspecified atom stereocenters. The molecule has 0 N–H and O–H groups in total. The number of hydrogen-bond acceptors (Lipinski definition) is 4. The normalized spacial score (nSPS) is 11.8. The smallest absolute Gasteiger partial charge is 0.102 e. The van der Waals surface area contributed by atoms with Crippen LogP contribution in [0.25, 0.3) is 118 Å². The lowest BCUT2D eigenvalue weighted by Gasteiger charge is -2.25. The fourth-order valence-electron chi connectivity index (χ4n) is 10.1. The molecular formula is C56H30N4S2. The molecule has 4 nitrogen and oxygen atoms in total. The van der Waals surface area contributed by atoms with Gasteiger partial charge in [-0.25, -0.2) is 0 Å². The molecule has 0 aliphatic carbocycles. The van der Waals surface area contributed by atoms with Gasteiger partial charge in [-0.2, -0.15) is 10.5 Å². The van der Waals surface area contributed by atoms with E-state index in [0.29, 0.717) is 33.6 Å². The van der Waals surface area contributed by atoms with Crippen molar-refractivity contribution in [2.45, 2.75) is 0 Å². The third kappa shape index (κ3) is 4.68. The number of nitriles is 2. The maximum Gasteiger partial charge on any atom is 0.102 e. The molecule has 13 aromatic rings. The predicted molar refractivity (Wildman–Crippen MR) is 261 cm³/mol. The molecule has 0 saturated carbocycles. The fraction of sp³-hybridized carbons (Fsp3) is 0. The molecule has 4 aromatic heterocycles. The highest BCUT2D eigenvalue weighted by Gasteiger charge is 2.32. The molecule has 0 amide bonds. The lowest BCUT2D eigenvalue weighted by Crippen LogP contribution is -2.11. The third-order valence-electron chi connectivity index (χ3n) is 12.6. The highest BCUT2D eigenvalue weighted by Crippen LogP contribution is 2.51. The van der Waals surface area contributed by atoms with Crippen LogP contribution in [0.15, 0.2) is 182 Å². The molecule has 0 aliphatic rings. The Morgan fingerprint density at radius 2 is 0.806 bits per heavy atom. The van der Waals surface area contributed by atoms with E-state index in [4.69, 9.17) is 0 Å². The Balaban J connectivity index is 1.32. The summed E-state index contributed by atoms with van der Waals surface area (Å²) >= 11 is 3.56. The topological polar surface area (TPSA) is 57.4 Å². The molecule has 286 valence electrons. The second-order valence-electron chi connectivity index (χ2n) is 15.7. The van der Waals surface area contributed by atoms with Crippen molar-refractivity contribution in [1.82, 2.24) is 9.13 Å². The summed E-state index contributed by atoms with van der Waals surface area (Å²) in [6, 6.07) is 69.1. The number of fused-ring (bicyclic) bond motifs is 14. The highest BCUT2D eigenvalue weighted by atomic mass is 32.1. The Hall–Kier alpha value is -8.00. The van der Waals surface area contributed by atoms with E-state index in [0.717, 1.165) is 64.8 Å². The molecule has 0 aliphatic heterocycles. The average molecular weight is 823 g/mol. The van der Waals surface area contributed by atoms with Crippen LogP contribution >= 0.6 is 22.7 Å². The van der Waals surface area contributed by atoms with Gasteiger partial charge in [0.15, 0.2) is 0 Å². The van der Waals surface area contributed by atoms with E-state index in [1.165, 1.54) is 30.3 Å². The maximum atomic E-state index is 12.0. The quantitative estimate of drug-likeness (QED) is 0.178. The summed E-state index contributed by atoms with van der Waals surface area (Å²) in [5.74, 6) is 0. The number of benzene rings is 9. The van der Waals surface area contributed by atoms with E-state index in [1.807, 2.05) is 36.4 Å². The van der Waals surface area contributed by atoms with Crippen LogP contribution in [0.5, 0.6) is 0 Å². The lowest BCUT2D eigenvalue weighted by molar-refractivity contribution is 1.13. The van der Waals surface area contributed by atoms with Crippen LogP contribution in [0.4, 0.5) is 0 Å². The van der Waals surface area contributed by atoms with E-state index >= 15 is 0 Å². The summed E-state index contributed by atoms with van der Waals surface area (Å²) in [5.41, 5.74) is 9.53. The molecule has 0 saturated heterocycles. The van der Waals surface area contributed by atoms with Crippen LogP contribution in [-0.4, -0.2) is 9.13 Å². The Labute approximate surface area is 363 Å². The number of hydrogen-bond donors (Lipinski definition) is 0. The Morgan fingerprint density at radius 1 is 0.355 bits per heavy atom. The summed E-state index contributed by atoms with van der Waals surface area (Å²) in [5, 5.41) is 33.1. The lowest BCUT2D eigenvalue weighted by atomic mass is 9.86. The minimum Gasteiger partial charge on any atom is -0.307 e. The van der Waals surface area contributed by atoms with Crippen LogP contribution in [0, 0.1) is 22.7 Å². The molecule has 6 heteroatoms. The van der Waals surface area contributed by atoms with Crippen LogP contribution in [0.3, 0.4) is 0 Å². The van der Waals surface area contributed by atoms with Crippen molar-refractivity contribution in [1.29, 1.82) is 10.5 Å². The number of thiophene rings is 2. The van der Waals surface area contributed by atoms with Crippen molar-refractivity contribution in [3.63, 3.8) is 0 Å². The van der Waals surface area contributed by atoms with E-state index in [2.05, 4.69) is 167 Å². The predicted octanol–water partition coefficient (Wildman–Crippen LogP) is 15.7. The molecule has 62 heavy (non-hydrogen) atoms. The van der Waals surface area contributed by atoms with Crippen LogP contribution in [0.1, 0.15) is 11.1 Å². The molecule has 0 radical (unpaired) electrons. The monoisotopic (exact) mass is 822 g/mol. The fourth-order valence-corrected chi connectivity index (χ4v) is 12.5. The van der Waals surface area contributed by atoms with Gasteiger partial charge in [0, 0.05) is 68.3 Å². The summed E-state index contributed by atoms with van der Waals surface area (Å²) in [7, 11) is 0. The molecule has 9 aromatic carbocycles. The first-order valence-electron chi connectivity index (χ1n) is 20.6. The molecule has 0 fully saturated rings. The number of nitrogens with zero attached hydrogens (tertiary/aromatic N) is 4. The summed E-state index contributed by atoms with van der Waals surface area (Å²) in [4.78, 5) is 0. The van der Waals surface area contributed by atoms with Gasteiger partial charge in [-0.3, -0.25) is 0 Å². The van der Waals surface area contributed by atoms with Crippen molar-refractivity contribution >= 4 is 107 Å². The SMILES string of the molecule is N#Cc1c(-c2ccccc2)c(-n2c3ccccc3c3ccc4sc5ccccc5c4c32)c(C#N)c(-c2ccccc2)c1-n1c2ccccc2c2ccc3c4ccccc4sc3c21. The molecule has 13 rings (SSSR count). The van der Waals surface area contributed by atoms with Gasteiger partial charge < -0.3 is 9.13 Å². The first-order valence-corrected chi connectivity index (χ1v) is 22.2. The minimum absolute atomic E-state index is 0.498. The molecular weight excluding hydrogens is 793 g/mol. The van der Waals surface area contributed by atoms with Gasteiger partial charge >= 0.3 is 0 Å². The third-order valence-corrected chi connectivity index (χ3v) is 14.9. The Morgan fingerprint density at radius 3 is 1.40 bits per heavy atom. The van der Waals surface area contributed by atoms with Crippen LogP contribution < -0.4 is 0 Å². The van der Waals surface area contributed by atoms with Crippen molar-refractivity contribution in [3.8, 4) is 45.8 Å². The second kappa shape index (κ2) is 13.3. The molecule has 0 atom stereocenters. The number of rotatable bonds is 4. The van der Waals surface area contributed by atoms with E-state index < -0.39 is 0 Å². The number of aromatic nitrogens is 2. The Bertz CT molecular complexity index is 4110. The van der Waals surface area contributed by atoms with Gasteiger partial charge in [0.05, 0.1) is 49.3 Å². The largest absolute Gasteiger partial charge is 0.307 e. The number of para-hydroxylation sites is 2. The first kappa shape index (κ1) is 34.8. The summed E-state index contributed by atoms with van der Waals surface area (Å²) < 4.78 is 9.32. The van der Waals surface area contributed by atoms with E-state index in [9.17, 15) is 10.5 Å². The zero-order chi connectivity index (χ0) is 41.1. The van der Waals surface area contributed by atoms with Gasteiger partial charge in [0.1, 0.15) is 12.1 Å². The maximum absolute atomic E-state index is 12.0. The van der Waals surface area contributed by atoms with Gasteiger partial charge in [-0.1, -0.05) is 152 Å². The molecule has 0 spiro atoms. The highest BCUT2D eigenvalue weighted by molar-refractivity contribution is 7.27. The van der Waals surface area contributed by atoms with E-state index in [-0.39, 0.29) is 0 Å².